The maximum Gasteiger partial charge on any atom is 0.0885 e. The van der Waals surface area contributed by atoms with Crippen molar-refractivity contribution in [3.05, 3.63) is 0 Å². The average Bonchev–Trinajstić information content (AvgIpc) is 2.14. The minimum atomic E-state index is 0.306. The first kappa shape index (κ1) is 5.12. The smallest absolute Gasteiger partial charge is 0.0885 e. The zero-order chi connectivity index (χ0) is 5.11. The molecule has 1 saturated heterocycles. The Morgan fingerprint density at radius 1 is 1.86 bits per heavy atom. The van der Waals surface area contributed by atoms with Gasteiger partial charge in [-0.1, -0.05) is 0 Å². The van der Waals surface area contributed by atoms with Crippen LogP contribution in [0.15, 0.2) is 0 Å². The zero-order valence-corrected chi connectivity index (χ0v) is 4.79. The summed E-state index contributed by atoms with van der Waals surface area (Å²) in [4.78, 5) is 0. The van der Waals surface area contributed by atoms with Crippen molar-refractivity contribution in [1.29, 1.82) is 5.41 Å². The van der Waals surface area contributed by atoms with E-state index in [2.05, 4.69) is 5.32 Å². The summed E-state index contributed by atoms with van der Waals surface area (Å²) >= 11 is 1.79. The summed E-state index contributed by atoms with van der Waals surface area (Å²) in [5, 5.41) is 10.2. The second-order valence-corrected chi connectivity index (χ2v) is 2.66. The van der Waals surface area contributed by atoms with Crippen LogP contribution < -0.4 is 5.32 Å². The van der Waals surface area contributed by atoms with Crippen molar-refractivity contribution in [1.82, 2.24) is 5.32 Å². The summed E-state index contributed by atoms with van der Waals surface area (Å²) in [7, 11) is 0. The van der Waals surface area contributed by atoms with E-state index >= 15 is 0 Å². The van der Waals surface area contributed by atoms with E-state index in [1.54, 1.807) is 11.8 Å². The molecule has 1 atom stereocenters. The molecule has 0 spiro atoms. The molecule has 1 unspecified atom stereocenters. The lowest BCUT2D eigenvalue weighted by Gasteiger charge is -1.95. The van der Waals surface area contributed by atoms with E-state index in [-0.39, 0.29) is 0 Å². The van der Waals surface area contributed by atoms with Crippen molar-refractivity contribution in [2.75, 3.05) is 12.3 Å². The number of hydrogen-bond donors (Lipinski definition) is 2. The van der Waals surface area contributed by atoms with Crippen molar-refractivity contribution in [3.63, 3.8) is 0 Å². The lowest BCUT2D eigenvalue weighted by atomic mass is 10.6. The lowest BCUT2D eigenvalue weighted by molar-refractivity contribution is 0.833. The van der Waals surface area contributed by atoms with Gasteiger partial charge < -0.3 is 10.7 Å². The molecule has 0 amide bonds. The molecule has 0 aliphatic carbocycles. The number of rotatable bonds is 1. The molecule has 1 heterocycles. The van der Waals surface area contributed by atoms with Crippen LogP contribution in [0.25, 0.3) is 0 Å². The molecule has 1 rings (SSSR count). The SMILES string of the molecule is N=CC1NCCS1. The van der Waals surface area contributed by atoms with Gasteiger partial charge in [-0.25, -0.2) is 0 Å². The van der Waals surface area contributed by atoms with Crippen LogP contribution in [0.1, 0.15) is 0 Å². The number of nitrogens with one attached hydrogen (secondary N) is 2. The topological polar surface area (TPSA) is 35.9 Å². The first-order chi connectivity index (χ1) is 3.43. The van der Waals surface area contributed by atoms with Gasteiger partial charge in [0.25, 0.3) is 0 Å². The number of hydrogen-bond acceptors (Lipinski definition) is 3. The van der Waals surface area contributed by atoms with Crippen LogP contribution in [-0.2, 0) is 0 Å². The minimum Gasteiger partial charge on any atom is -0.311 e. The van der Waals surface area contributed by atoms with Gasteiger partial charge in [0.2, 0.25) is 0 Å². The summed E-state index contributed by atoms with van der Waals surface area (Å²) in [5.74, 6) is 1.15. The molecule has 1 aliphatic heterocycles. The van der Waals surface area contributed by atoms with Gasteiger partial charge in [0.1, 0.15) is 0 Å². The highest BCUT2D eigenvalue weighted by molar-refractivity contribution is 8.00. The van der Waals surface area contributed by atoms with E-state index in [1.807, 2.05) is 0 Å². The van der Waals surface area contributed by atoms with Crippen molar-refractivity contribution in [2.24, 2.45) is 0 Å². The molecule has 3 heteroatoms. The average molecular weight is 116 g/mol. The van der Waals surface area contributed by atoms with Crippen molar-refractivity contribution >= 4 is 18.0 Å². The molecule has 2 nitrogen and oxygen atoms in total. The predicted molar refractivity (Wildman–Crippen MR) is 33.0 cm³/mol. The van der Waals surface area contributed by atoms with Crippen LogP contribution in [0.2, 0.25) is 0 Å². The van der Waals surface area contributed by atoms with Crippen LogP contribution in [0.4, 0.5) is 0 Å². The predicted octanol–water partition coefficient (Wildman–Crippen LogP) is 0.298. The van der Waals surface area contributed by atoms with Gasteiger partial charge in [0.15, 0.2) is 0 Å². The van der Waals surface area contributed by atoms with Crippen LogP contribution in [-0.4, -0.2) is 23.9 Å². The van der Waals surface area contributed by atoms with E-state index in [0.29, 0.717) is 5.37 Å². The Morgan fingerprint density at radius 3 is 3.00 bits per heavy atom. The van der Waals surface area contributed by atoms with Crippen LogP contribution in [0.5, 0.6) is 0 Å². The Morgan fingerprint density at radius 2 is 2.71 bits per heavy atom. The highest BCUT2D eigenvalue weighted by Gasteiger charge is 2.09. The maximum atomic E-state index is 6.79. The van der Waals surface area contributed by atoms with Crippen LogP contribution in [0, 0.1) is 5.41 Å². The molecule has 0 radical (unpaired) electrons. The Balaban J connectivity index is 2.26. The lowest BCUT2D eigenvalue weighted by Crippen LogP contribution is -2.19. The van der Waals surface area contributed by atoms with Gasteiger partial charge in [-0.2, -0.15) is 0 Å². The largest absolute Gasteiger partial charge is 0.311 e. The maximum absolute atomic E-state index is 6.79. The highest BCUT2D eigenvalue weighted by atomic mass is 32.2. The standard InChI is InChI=1S/C4H8N2S/c5-3-4-6-1-2-7-4/h3-6H,1-2H2. The molecule has 0 aromatic rings. The summed E-state index contributed by atoms with van der Waals surface area (Å²) in [5.41, 5.74) is 0. The third-order valence-electron chi connectivity index (χ3n) is 0.896. The van der Waals surface area contributed by atoms with Gasteiger partial charge in [0.05, 0.1) is 5.37 Å². The Hall–Kier alpha value is -0.0200. The molecule has 1 aliphatic rings. The first-order valence-corrected chi connectivity index (χ1v) is 3.34. The third kappa shape index (κ3) is 1.17. The fraction of sp³-hybridized carbons (Fsp3) is 0.750. The summed E-state index contributed by atoms with van der Waals surface area (Å²) in [6.45, 7) is 1.06. The van der Waals surface area contributed by atoms with Gasteiger partial charge in [-0.3, -0.25) is 0 Å². The molecule has 0 aromatic heterocycles. The molecule has 7 heavy (non-hydrogen) atoms. The van der Waals surface area contributed by atoms with E-state index in [4.69, 9.17) is 5.41 Å². The third-order valence-corrected chi connectivity index (χ3v) is 2.00. The molecule has 1 fully saturated rings. The molecular formula is C4H8N2S. The first-order valence-electron chi connectivity index (χ1n) is 2.29. The van der Waals surface area contributed by atoms with Gasteiger partial charge >= 0.3 is 0 Å². The Bertz CT molecular complexity index is 68.1. The van der Waals surface area contributed by atoms with E-state index < -0.39 is 0 Å². The van der Waals surface area contributed by atoms with Gasteiger partial charge in [0, 0.05) is 18.5 Å². The zero-order valence-electron chi connectivity index (χ0n) is 3.98. The molecular weight excluding hydrogens is 108 g/mol. The van der Waals surface area contributed by atoms with Crippen molar-refractivity contribution < 1.29 is 0 Å². The molecule has 40 valence electrons. The molecule has 2 N–H and O–H groups in total. The normalized spacial score (nSPS) is 30.6. The second-order valence-electron chi connectivity index (χ2n) is 1.41. The molecule has 0 bridgehead atoms. The van der Waals surface area contributed by atoms with Crippen LogP contribution in [0.3, 0.4) is 0 Å². The Labute approximate surface area is 47.2 Å². The highest BCUT2D eigenvalue weighted by Crippen LogP contribution is 2.09. The minimum absolute atomic E-state index is 0.306. The molecule has 0 saturated carbocycles. The van der Waals surface area contributed by atoms with Crippen molar-refractivity contribution in [2.45, 2.75) is 5.37 Å². The summed E-state index contributed by atoms with van der Waals surface area (Å²) in [6, 6.07) is 0. The monoisotopic (exact) mass is 116 g/mol. The quantitative estimate of drug-likeness (QED) is 0.483. The summed E-state index contributed by atoms with van der Waals surface area (Å²) in [6.07, 6.45) is 1.44. The Kier molecular flexibility index (Phi) is 1.70. The van der Waals surface area contributed by atoms with E-state index in [0.717, 1.165) is 12.3 Å². The van der Waals surface area contributed by atoms with Gasteiger partial charge in [-0.15, -0.1) is 11.8 Å². The second kappa shape index (κ2) is 2.33. The summed E-state index contributed by atoms with van der Waals surface area (Å²) < 4.78 is 0. The van der Waals surface area contributed by atoms with E-state index in [9.17, 15) is 0 Å². The van der Waals surface area contributed by atoms with Crippen molar-refractivity contribution in [3.8, 4) is 0 Å². The fourth-order valence-electron chi connectivity index (χ4n) is 0.553. The van der Waals surface area contributed by atoms with Crippen LogP contribution >= 0.6 is 11.8 Å². The number of thioether (sulfide) groups is 1. The van der Waals surface area contributed by atoms with E-state index in [1.165, 1.54) is 6.21 Å². The van der Waals surface area contributed by atoms with Gasteiger partial charge in [-0.05, 0) is 0 Å². The fourth-order valence-corrected chi connectivity index (χ4v) is 1.37. The molecule has 0 aromatic carbocycles.